The Labute approximate surface area is 184 Å². The van der Waals surface area contributed by atoms with Crippen LogP contribution in [0.3, 0.4) is 0 Å². The van der Waals surface area contributed by atoms with Crippen molar-refractivity contribution in [3.8, 4) is 0 Å². The van der Waals surface area contributed by atoms with Crippen LogP contribution in [0.2, 0.25) is 0 Å². The molecule has 29 heavy (non-hydrogen) atoms. The Kier molecular flexibility index (Phi) is 7.00. The van der Waals surface area contributed by atoms with Crippen molar-refractivity contribution in [2.45, 2.75) is 56.1 Å². The van der Waals surface area contributed by atoms with Crippen LogP contribution in [0.15, 0.2) is 34.5 Å². The highest BCUT2D eigenvalue weighted by molar-refractivity contribution is 7.98. The molecule has 0 atom stereocenters. The van der Waals surface area contributed by atoms with E-state index in [-0.39, 0.29) is 5.91 Å². The highest BCUT2D eigenvalue weighted by Crippen LogP contribution is 2.27. The summed E-state index contributed by atoms with van der Waals surface area (Å²) in [5.41, 5.74) is 3.15. The Morgan fingerprint density at radius 2 is 2.00 bits per heavy atom. The fourth-order valence-corrected chi connectivity index (χ4v) is 6.10. The summed E-state index contributed by atoms with van der Waals surface area (Å²) < 4.78 is 0. The molecule has 0 bridgehead atoms. The lowest BCUT2D eigenvalue weighted by atomic mass is 10.0. The zero-order valence-electron chi connectivity index (χ0n) is 16.6. The zero-order chi connectivity index (χ0) is 20.1. The molecular weight excluding hydrogens is 418 g/mol. The number of nitrogens with zero attached hydrogens (tertiary/aromatic N) is 2. The number of nitrogens with one attached hydrogen (secondary N) is 1. The number of hydrogen-bond donors (Lipinski definition) is 1. The van der Waals surface area contributed by atoms with Crippen molar-refractivity contribution in [1.29, 1.82) is 0 Å². The normalized spacial score (nSPS) is 13.3. The standard InChI is InChI=1S/C22H25N3OS3/c1-15-24-17(13-27-15)14-28-18-10-8-16(9-11-18)22(26)23-12-4-7-21-25-19-5-2-3-6-20(19)29-21/h8-11,13H,2-7,12,14H2,1H3,(H,23,26). The van der Waals surface area contributed by atoms with Crippen molar-refractivity contribution in [2.24, 2.45) is 0 Å². The minimum Gasteiger partial charge on any atom is -0.352 e. The Hall–Kier alpha value is -1.70. The molecule has 0 radical (unpaired) electrons. The van der Waals surface area contributed by atoms with Gasteiger partial charge in [0.15, 0.2) is 0 Å². The predicted molar refractivity (Wildman–Crippen MR) is 122 cm³/mol. The number of carbonyl (C=O) groups excluding carboxylic acids is 1. The summed E-state index contributed by atoms with van der Waals surface area (Å²) in [5, 5.41) is 7.46. The monoisotopic (exact) mass is 443 g/mol. The van der Waals surface area contributed by atoms with E-state index in [4.69, 9.17) is 4.98 Å². The molecule has 4 nitrogen and oxygen atoms in total. The van der Waals surface area contributed by atoms with Gasteiger partial charge in [-0.25, -0.2) is 9.97 Å². The highest BCUT2D eigenvalue weighted by Gasteiger charge is 2.14. The first kappa shape index (κ1) is 20.6. The second kappa shape index (κ2) is 9.87. The number of rotatable bonds is 8. The van der Waals surface area contributed by atoms with E-state index in [0.717, 1.165) is 40.6 Å². The molecule has 3 aromatic rings. The van der Waals surface area contributed by atoms with Crippen LogP contribution in [0.4, 0.5) is 0 Å². The van der Waals surface area contributed by atoms with E-state index in [1.807, 2.05) is 42.5 Å². The maximum absolute atomic E-state index is 12.4. The molecule has 4 rings (SSSR count). The van der Waals surface area contributed by atoms with Crippen molar-refractivity contribution in [2.75, 3.05) is 6.54 Å². The van der Waals surface area contributed by atoms with Crippen LogP contribution in [0.25, 0.3) is 0 Å². The van der Waals surface area contributed by atoms with Crippen LogP contribution in [-0.4, -0.2) is 22.4 Å². The first-order valence-electron chi connectivity index (χ1n) is 10.1. The smallest absolute Gasteiger partial charge is 0.251 e. The third kappa shape index (κ3) is 5.68. The second-order valence-corrected chi connectivity index (χ2v) is 10.5. The van der Waals surface area contributed by atoms with Gasteiger partial charge in [-0.15, -0.1) is 34.4 Å². The minimum atomic E-state index is -0.00453. The van der Waals surface area contributed by atoms with Gasteiger partial charge in [0.2, 0.25) is 0 Å². The molecule has 0 unspecified atom stereocenters. The first-order chi connectivity index (χ1) is 14.2. The Morgan fingerprint density at radius 3 is 2.76 bits per heavy atom. The van der Waals surface area contributed by atoms with Crippen molar-refractivity contribution in [1.82, 2.24) is 15.3 Å². The van der Waals surface area contributed by atoms with Crippen molar-refractivity contribution in [3.63, 3.8) is 0 Å². The van der Waals surface area contributed by atoms with Crippen LogP contribution in [0, 0.1) is 6.92 Å². The molecule has 1 N–H and O–H groups in total. The highest BCUT2D eigenvalue weighted by atomic mass is 32.2. The molecule has 0 aliphatic heterocycles. The number of aryl methyl sites for hydroxylation is 4. The molecule has 2 aromatic heterocycles. The Balaban J connectivity index is 1.19. The fraction of sp³-hybridized carbons (Fsp3) is 0.409. The Bertz CT molecular complexity index is 939. The molecule has 2 heterocycles. The molecule has 7 heteroatoms. The lowest BCUT2D eigenvalue weighted by molar-refractivity contribution is 0.0953. The van der Waals surface area contributed by atoms with E-state index < -0.39 is 0 Å². The SMILES string of the molecule is Cc1nc(CSc2ccc(C(=O)NCCCc3nc4c(s3)CCCC4)cc2)cs1. The predicted octanol–water partition coefficient (Wildman–Crippen LogP) is 5.44. The maximum atomic E-state index is 12.4. The Morgan fingerprint density at radius 1 is 1.17 bits per heavy atom. The topological polar surface area (TPSA) is 54.9 Å². The number of thioether (sulfide) groups is 1. The second-order valence-electron chi connectivity index (χ2n) is 7.21. The van der Waals surface area contributed by atoms with Gasteiger partial charge in [-0.1, -0.05) is 0 Å². The van der Waals surface area contributed by atoms with Gasteiger partial charge in [-0.2, -0.15) is 0 Å². The van der Waals surface area contributed by atoms with Gasteiger partial charge < -0.3 is 5.32 Å². The number of hydrogen-bond acceptors (Lipinski definition) is 6. The van der Waals surface area contributed by atoms with E-state index in [1.165, 1.54) is 34.8 Å². The third-order valence-corrected chi connectivity index (χ3v) is 8.00. The van der Waals surface area contributed by atoms with Gasteiger partial charge in [0, 0.05) is 39.4 Å². The van der Waals surface area contributed by atoms with E-state index in [9.17, 15) is 4.79 Å². The van der Waals surface area contributed by atoms with E-state index in [2.05, 4.69) is 15.7 Å². The molecule has 0 spiro atoms. The molecule has 152 valence electrons. The van der Waals surface area contributed by atoms with E-state index in [0.29, 0.717) is 12.1 Å². The molecule has 1 amide bonds. The summed E-state index contributed by atoms with van der Waals surface area (Å²) in [6.45, 7) is 2.71. The molecule has 0 saturated carbocycles. The van der Waals surface area contributed by atoms with Crippen LogP contribution in [0.5, 0.6) is 0 Å². The molecule has 1 aliphatic carbocycles. The van der Waals surface area contributed by atoms with Gasteiger partial charge in [-0.05, 0) is 63.3 Å². The zero-order valence-corrected chi connectivity index (χ0v) is 19.0. The maximum Gasteiger partial charge on any atom is 0.251 e. The van der Waals surface area contributed by atoms with Gasteiger partial charge in [0.1, 0.15) is 0 Å². The van der Waals surface area contributed by atoms with Crippen LogP contribution in [0.1, 0.15) is 55.9 Å². The summed E-state index contributed by atoms with van der Waals surface area (Å²) in [6, 6.07) is 7.83. The summed E-state index contributed by atoms with van der Waals surface area (Å²) in [6.07, 6.45) is 6.78. The molecule has 1 aromatic carbocycles. The summed E-state index contributed by atoms with van der Waals surface area (Å²) in [5.74, 6) is 0.853. The van der Waals surface area contributed by atoms with Gasteiger partial charge in [0.25, 0.3) is 5.91 Å². The van der Waals surface area contributed by atoms with Crippen LogP contribution >= 0.6 is 34.4 Å². The summed E-state index contributed by atoms with van der Waals surface area (Å²) in [7, 11) is 0. The van der Waals surface area contributed by atoms with E-state index in [1.54, 1.807) is 23.1 Å². The number of benzene rings is 1. The van der Waals surface area contributed by atoms with Gasteiger partial charge in [-0.3, -0.25) is 4.79 Å². The average Bonchev–Trinajstić information content (AvgIpc) is 3.35. The largest absolute Gasteiger partial charge is 0.352 e. The summed E-state index contributed by atoms with van der Waals surface area (Å²) >= 11 is 5.29. The average molecular weight is 444 g/mol. The van der Waals surface area contributed by atoms with Gasteiger partial charge in [0.05, 0.1) is 21.4 Å². The minimum absolute atomic E-state index is 0.00453. The van der Waals surface area contributed by atoms with Crippen molar-refractivity contribution >= 4 is 40.3 Å². The summed E-state index contributed by atoms with van der Waals surface area (Å²) in [4.78, 5) is 24.3. The third-order valence-electron chi connectivity index (χ3n) is 4.91. The van der Waals surface area contributed by atoms with Crippen LogP contribution in [-0.2, 0) is 25.0 Å². The van der Waals surface area contributed by atoms with E-state index >= 15 is 0 Å². The molecule has 0 fully saturated rings. The quantitative estimate of drug-likeness (QED) is 0.372. The van der Waals surface area contributed by atoms with Crippen molar-refractivity contribution < 1.29 is 4.79 Å². The number of fused-ring (bicyclic) bond motifs is 1. The lowest BCUT2D eigenvalue weighted by Crippen LogP contribution is -2.24. The number of carbonyl (C=O) groups is 1. The van der Waals surface area contributed by atoms with Crippen molar-refractivity contribution in [3.05, 3.63) is 61.5 Å². The van der Waals surface area contributed by atoms with Crippen LogP contribution < -0.4 is 5.32 Å². The first-order valence-corrected chi connectivity index (χ1v) is 12.7. The number of amides is 1. The number of aromatic nitrogens is 2. The molecular formula is C22H25N3OS3. The fourth-order valence-electron chi connectivity index (χ4n) is 3.39. The van der Waals surface area contributed by atoms with Gasteiger partial charge >= 0.3 is 0 Å². The lowest BCUT2D eigenvalue weighted by Gasteiger charge is -2.06. The molecule has 1 aliphatic rings. The molecule has 0 saturated heterocycles. The number of thiazole rings is 2.